The van der Waals surface area contributed by atoms with Crippen LogP contribution in [0.4, 0.5) is 0 Å². The van der Waals surface area contributed by atoms with Crippen molar-refractivity contribution in [2.24, 2.45) is 0 Å². The zero-order chi connectivity index (χ0) is 46.5. The Hall–Kier alpha value is -3.67. The van der Waals surface area contributed by atoms with Gasteiger partial charge in [0.05, 0.1) is 0 Å². The number of carbonyl (C=O) groups is 3. The molecule has 0 fully saturated rings. The summed E-state index contributed by atoms with van der Waals surface area (Å²) in [6.07, 6.45) is 68.3. The van der Waals surface area contributed by atoms with Crippen molar-refractivity contribution in [3.8, 4) is 0 Å². The molecule has 6 heteroatoms. The zero-order valence-corrected chi connectivity index (χ0v) is 41.5. The third-order valence-electron chi connectivity index (χ3n) is 10.8. The average Bonchev–Trinajstić information content (AvgIpc) is 3.29. The Morgan fingerprint density at radius 2 is 0.609 bits per heavy atom. The van der Waals surface area contributed by atoms with Crippen LogP contribution in [-0.4, -0.2) is 37.2 Å². The summed E-state index contributed by atoms with van der Waals surface area (Å²) in [7, 11) is 0. The normalized spacial score (nSPS) is 12.9. The smallest absolute Gasteiger partial charge is 0.306 e. The molecule has 0 aliphatic rings. The molecule has 0 aliphatic carbocycles. The van der Waals surface area contributed by atoms with E-state index in [1.807, 2.05) is 0 Å². The first-order valence-electron chi connectivity index (χ1n) is 26.2. The molecule has 0 radical (unpaired) electrons. The molecular formula is C58H96O6. The Morgan fingerprint density at radius 1 is 0.328 bits per heavy atom. The SMILES string of the molecule is CC/C=C\C/C=C\C/C=C\C/C=C\CCCCCC(=O)OC(COC(=O)CCCC/C=C\C/C=C\C/C=C\CC)COC(=O)CCCCCCC/C=C\CCCCCCCCCCC. The van der Waals surface area contributed by atoms with E-state index in [9.17, 15) is 14.4 Å². The summed E-state index contributed by atoms with van der Waals surface area (Å²) in [6.45, 7) is 6.33. The molecule has 1 atom stereocenters. The second kappa shape index (κ2) is 52.0. The van der Waals surface area contributed by atoms with Crippen molar-refractivity contribution in [3.63, 3.8) is 0 Å². The third kappa shape index (κ3) is 49.3. The van der Waals surface area contributed by atoms with E-state index in [4.69, 9.17) is 14.2 Å². The van der Waals surface area contributed by atoms with Gasteiger partial charge in [0.1, 0.15) is 13.2 Å². The summed E-state index contributed by atoms with van der Waals surface area (Å²) in [5.74, 6) is -0.991. The molecule has 64 heavy (non-hydrogen) atoms. The van der Waals surface area contributed by atoms with Crippen molar-refractivity contribution in [1.82, 2.24) is 0 Å². The zero-order valence-electron chi connectivity index (χ0n) is 41.5. The number of ether oxygens (including phenoxy) is 3. The highest BCUT2D eigenvalue weighted by atomic mass is 16.6. The highest BCUT2D eigenvalue weighted by Crippen LogP contribution is 2.13. The van der Waals surface area contributed by atoms with E-state index in [0.29, 0.717) is 12.8 Å². The molecule has 0 aromatic heterocycles. The fraction of sp³-hybridized carbons (Fsp3) is 0.672. The number of rotatable bonds is 46. The van der Waals surface area contributed by atoms with Crippen LogP contribution in [0, 0.1) is 0 Å². The first-order chi connectivity index (χ1) is 31.5. The summed E-state index contributed by atoms with van der Waals surface area (Å²) in [4.78, 5) is 38.0. The molecule has 0 N–H and O–H groups in total. The van der Waals surface area contributed by atoms with Crippen molar-refractivity contribution >= 4 is 17.9 Å². The lowest BCUT2D eigenvalue weighted by atomic mass is 10.1. The van der Waals surface area contributed by atoms with Crippen LogP contribution in [0.15, 0.2) is 97.2 Å². The highest BCUT2D eigenvalue weighted by molar-refractivity contribution is 5.71. The number of unbranched alkanes of at least 4 members (excludes halogenated alkanes) is 19. The lowest BCUT2D eigenvalue weighted by Crippen LogP contribution is -2.30. The van der Waals surface area contributed by atoms with E-state index < -0.39 is 6.10 Å². The van der Waals surface area contributed by atoms with Crippen LogP contribution in [0.2, 0.25) is 0 Å². The fourth-order valence-electron chi connectivity index (χ4n) is 6.91. The number of esters is 3. The predicted molar refractivity (Wildman–Crippen MR) is 274 cm³/mol. The van der Waals surface area contributed by atoms with Gasteiger partial charge in [0.15, 0.2) is 6.10 Å². The summed E-state index contributed by atoms with van der Waals surface area (Å²) in [5.41, 5.74) is 0. The molecule has 0 rings (SSSR count). The molecule has 0 saturated heterocycles. The molecule has 0 heterocycles. The Morgan fingerprint density at radius 3 is 1.02 bits per heavy atom. The van der Waals surface area contributed by atoms with Crippen molar-refractivity contribution < 1.29 is 28.6 Å². The van der Waals surface area contributed by atoms with E-state index in [2.05, 4.69) is 118 Å². The molecule has 0 aromatic carbocycles. The minimum atomic E-state index is -0.813. The number of allylic oxidation sites excluding steroid dienone is 16. The molecule has 0 bridgehead atoms. The minimum Gasteiger partial charge on any atom is -0.462 e. The van der Waals surface area contributed by atoms with Crippen LogP contribution in [0.5, 0.6) is 0 Å². The summed E-state index contributed by atoms with van der Waals surface area (Å²) in [5, 5.41) is 0. The molecule has 0 spiro atoms. The molecule has 0 aromatic rings. The second-order valence-corrected chi connectivity index (χ2v) is 17.0. The van der Waals surface area contributed by atoms with Gasteiger partial charge in [-0.1, -0.05) is 195 Å². The fourth-order valence-corrected chi connectivity index (χ4v) is 6.91. The molecule has 0 amide bonds. The van der Waals surface area contributed by atoms with E-state index in [1.54, 1.807) is 0 Å². The van der Waals surface area contributed by atoms with Crippen molar-refractivity contribution in [2.75, 3.05) is 13.2 Å². The van der Waals surface area contributed by atoms with Gasteiger partial charge in [0.25, 0.3) is 0 Å². The van der Waals surface area contributed by atoms with Crippen LogP contribution in [-0.2, 0) is 28.6 Å². The molecule has 0 aliphatic heterocycles. The topological polar surface area (TPSA) is 78.9 Å². The Labute approximate surface area is 394 Å². The third-order valence-corrected chi connectivity index (χ3v) is 10.8. The number of carbonyl (C=O) groups excluding carboxylic acids is 3. The van der Waals surface area contributed by atoms with Crippen molar-refractivity contribution in [1.29, 1.82) is 0 Å². The highest BCUT2D eigenvalue weighted by Gasteiger charge is 2.19. The van der Waals surface area contributed by atoms with Gasteiger partial charge in [-0.25, -0.2) is 0 Å². The van der Waals surface area contributed by atoms with Gasteiger partial charge in [-0.15, -0.1) is 0 Å². The summed E-state index contributed by atoms with van der Waals surface area (Å²) >= 11 is 0. The average molecular weight is 889 g/mol. The van der Waals surface area contributed by atoms with Crippen LogP contribution < -0.4 is 0 Å². The number of hydrogen-bond donors (Lipinski definition) is 0. The van der Waals surface area contributed by atoms with Crippen LogP contribution in [0.1, 0.15) is 233 Å². The Balaban J connectivity index is 4.47. The maximum atomic E-state index is 12.8. The Bertz CT molecular complexity index is 1300. The van der Waals surface area contributed by atoms with Crippen LogP contribution in [0.25, 0.3) is 0 Å². The van der Waals surface area contributed by atoms with E-state index >= 15 is 0 Å². The van der Waals surface area contributed by atoms with Crippen LogP contribution >= 0.6 is 0 Å². The van der Waals surface area contributed by atoms with Gasteiger partial charge < -0.3 is 14.2 Å². The molecular weight excluding hydrogens is 793 g/mol. The van der Waals surface area contributed by atoms with Crippen molar-refractivity contribution in [3.05, 3.63) is 97.2 Å². The Kier molecular flexibility index (Phi) is 49.0. The summed E-state index contributed by atoms with van der Waals surface area (Å²) in [6, 6.07) is 0. The largest absolute Gasteiger partial charge is 0.462 e. The van der Waals surface area contributed by atoms with Gasteiger partial charge >= 0.3 is 17.9 Å². The van der Waals surface area contributed by atoms with E-state index in [1.165, 1.54) is 70.6 Å². The quantitative estimate of drug-likeness (QED) is 0.0262. The minimum absolute atomic E-state index is 0.108. The number of hydrogen-bond acceptors (Lipinski definition) is 6. The maximum absolute atomic E-state index is 12.8. The van der Waals surface area contributed by atoms with Gasteiger partial charge in [0, 0.05) is 19.3 Å². The lowest BCUT2D eigenvalue weighted by Gasteiger charge is -2.18. The standard InChI is InChI=1S/C58H96O6/c1-4-7-10-13-16-19-22-25-27-29-30-32-33-36-39-42-45-48-51-57(60)63-54-55(53-62-56(59)50-47-44-41-38-35-24-21-18-15-12-9-6-3)64-58(61)52-49-46-43-40-37-34-31-28-26-23-20-17-14-11-8-5-2/h8-9,11-12,17-18,20-21,26,28,30,32,34-35,37-38,55H,4-7,10,13-16,19,22-25,27,29,31,33,36,39-54H2,1-3H3/b11-8-,12-9-,20-17-,21-18-,28-26-,32-30-,37-34-,38-35-. The van der Waals surface area contributed by atoms with Crippen LogP contribution in [0.3, 0.4) is 0 Å². The first-order valence-corrected chi connectivity index (χ1v) is 26.2. The molecule has 1 unspecified atom stereocenters. The van der Waals surface area contributed by atoms with Gasteiger partial charge in [-0.2, -0.15) is 0 Å². The second-order valence-electron chi connectivity index (χ2n) is 17.0. The summed E-state index contributed by atoms with van der Waals surface area (Å²) < 4.78 is 16.7. The van der Waals surface area contributed by atoms with E-state index in [0.717, 1.165) is 122 Å². The molecule has 0 saturated carbocycles. The predicted octanol–water partition coefficient (Wildman–Crippen LogP) is 17.4. The molecule has 364 valence electrons. The van der Waals surface area contributed by atoms with Gasteiger partial charge in [-0.05, 0) is 116 Å². The first kappa shape index (κ1) is 60.3. The monoisotopic (exact) mass is 889 g/mol. The van der Waals surface area contributed by atoms with Gasteiger partial charge in [0.2, 0.25) is 0 Å². The molecule has 6 nitrogen and oxygen atoms in total. The maximum Gasteiger partial charge on any atom is 0.306 e. The van der Waals surface area contributed by atoms with Gasteiger partial charge in [-0.3, -0.25) is 14.4 Å². The van der Waals surface area contributed by atoms with Crippen molar-refractivity contribution in [2.45, 2.75) is 239 Å². The lowest BCUT2D eigenvalue weighted by molar-refractivity contribution is -0.167. The van der Waals surface area contributed by atoms with E-state index in [-0.39, 0.29) is 37.5 Å².